The molecular formula is C15H30N2. The molecule has 2 nitrogen and oxygen atoms in total. The maximum atomic E-state index is 3.71. The van der Waals surface area contributed by atoms with Crippen LogP contribution in [0.2, 0.25) is 0 Å². The first-order chi connectivity index (χ1) is 7.92. The van der Waals surface area contributed by atoms with Crippen LogP contribution in [-0.4, -0.2) is 26.2 Å². The van der Waals surface area contributed by atoms with E-state index in [2.05, 4.69) is 38.3 Å². The minimum Gasteiger partial charge on any atom is -0.316 e. The summed E-state index contributed by atoms with van der Waals surface area (Å²) in [4.78, 5) is 0. The fraction of sp³-hybridized carbons (Fsp3) is 1.00. The minimum absolute atomic E-state index is 0.437. The summed E-state index contributed by atoms with van der Waals surface area (Å²) in [6, 6.07) is 0. The van der Waals surface area contributed by atoms with E-state index in [1.807, 2.05) is 0 Å². The van der Waals surface area contributed by atoms with Crippen LogP contribution >= 0.6 is 0 Å². The molecule has 2 fully saturated rings. The van der Waals surface area contributed by atoms with Crippen LogP contribution in [-0.2, 0) is 0 Å². The van der Waals surface area contributed by atoms with E-state index in [4.69, 9.17) is 0 Å². The molecular weight excluding hydrogens is 208 g/mol. The van der Waals surface area contributed by atoms with Crippen LogP contribution in [0.15, 0.2) is 0 Å². The quantitative estimate of drug-likeness (QED) is 0.769. The Kier molecular flexibility index (Phi) is 3.84. The average Bonchev–Trinajstić information content (AvgIpc) is 2.87. The summed E-state index contributed by atoms with van der Waals surface area (Å²) >= 11 is 0. The van der Waals surface area contributed by atoms with Gasteiger partial charge in [0.15, 0.2) is 0 Å². The highest BCUT2D eigenvalue weighted by atomic mass is 14.9. The highest BCUT2D eigenvalue weighted by molar-refractivity contribution is 4.96. The number of piperidine rings is 1. The summed E-state index contributed by atoms with van der Waals surface area (Å²) in [5, 5.41) is 7.25. The molecule has 2 rings (SSSR count). The molecule has 1 aliphatic carbocycles. The first-order valence-corrected chi connectivity index (χ1v) is 7.33. The second-order valence-corrected chi connectivity index (χ2v) is 7.55. The number of rotatable bonds is 5. The van der Waals surface area contributed by atoms with Crippen LogP contribution in [0.4, 0.5) is 0 Å². The van der Waals surface area contributed by atoms with Gasteiger partial charge in [0.05, 0.1) is 0 Å². The fourth-order valence-electron chi connectivity index (χ4n) is 3.16. The Labute approximate surface area is 107 Å². The van der Waals surface area contributed by atoms with Crippen molar-refractivity contribution >= 4 is 0 Å². The van der Waals surface area contributed by atoms with Crippen LogP contribution in [0.3, 0.4) is 0 Å². The monoisotopic (exact) mass is 238 g/mol. The third-order valence-electron chi connectivity index (χ3n) is 5.09. The molecule has 2 heteroatoms. The molecule has 17 heavy (non-hydrogen) atoms. The first kappa shape index (κ1) is 13.4. The Morgan fingerprint density at radius 1 is 1.35 bits per heavy atom. The number of hydrogen-bond donors (Lipinski definition) is 2. The standard InChI is InChI=1S/C15H30N2/c1-14(2)8-13(14)10-17-11-15(3,4)12-6-5-7-16-9-12/h12-13,16-17H,5-11H2,1-4H3. The van der Waals surface area contributed by atoms with E-state index in [9.17, 15) is 0 Å². The summed E-state index contributed by atoms with van der Waals surface area (Å²) in [5.41, 5.74) is 1.05. The molecule has 2 aliphatic rings. The van der Waals surface area contributed by atoms with Crippen molar-refractivity contribution in [3.8, 4) is 0 Å². The van der Waals surface area contributed by atoms with Crippen molar-refractivity contribution in [1.82, 2.24) is 10.6 Å². The molecule has 1 saturated carbocycles. The van der Waals surface area contributed by atoms with Gasteiger partial charge in [-0.05, 0) is 61.6 Å². The molecule has 0 radical (unpaired) electrons. The van der Waals surface area contributed by atoms with Gasteiger partial charge in [0.2, 0.25) is 0 Å². The summed E-state index contributed by atoms with van der Waals surface area (Å²) in [6.45, 7) is 14.4. The molecule has 2 N–H and O–H groups in total. The second kappa shape index (κ2) is 4.89. The predicted molar refractivity (Wildman–Crippen MR) is 74.1 cm³/mol. The molecule has 100 valence electrons. The Morgan fingerprint density at radius 2 is 2.06 bits per heavy atom. The average molecular weight is 238 g/mol. The maximum absolute atomic E-state index is 3.71. The fourth-order valence-corrected chi connectivity index (χ4v) is 3.16. The van der Waals surface area contributed by atoms with Crippen LogP contribution in [0, 0.1) is 22.7 Å². The zero-order valence-electron chi connectivity index (χ0n) is 12.1. The van der Waals surface area contributed by atoms with Gasteiger partial charge in [0, 0.05) is 6.54 Å². The Morgan fingerprint density at radius 3 is 2.59 bits per heavy atom. The molecule has 2 unspecified atom stereocenters. The highest BCUT2D eigenvalue weighted by Gasteiger charge is 2.45. The van der Waals surface area contributed by atoms with Crippen molar-refractivity contribution in [2.24, 2.45) is 22.7 Å². The lowest BCUT2D eigenvalue weighted by Crippen LogP contribution is -2.43. The lowest BCUT2D eigenvalue weighted by Gasteiger charge is -2.37. The molecule has 1 aliphatic heterocycles. The predicted octanol–water partition coefficient (Wildman–Crippen LogP) is 2.65. The van der Waals surface area contributed by atoms with Crippen LogP contribution in [0.5, 0.6) is 0 Å². The Bertz CT molecular complexity index is 252. The smallest absolute Gasteiger partial charge is 0.000577 e. The van der Waals surface area contributed by atoms with E-state index in [1.54, 1.807) is 0 Å². The van der Waals surface area contributed by atoms with E-state index in [0.29, 0.717) is 10.8 Å². The lowest BCUT2D eigenvalue weighted by molar-refractivity contribution is 0.165. The highest BCUT2D eigenvalue weighted by Crippen LogP contribution is 2.51. The summed E-state index contributed by atoms with van der Waals surface area (Å²) in [7, 11) is 0. The van der Waals surface area contributed by atoms with Gasteiger partial charge in [-0.3, -0.25) is 0 Å². The minimum atomic E-state index is 0.437. The van der Waals surface area contributed by atoms with E-state index < -0.39 is 0 Å². The van der Waals surface area contributed by atoms with Gasteiger partial charge in [-0.25, -0.2) is 0 Å². The first-order valence-electron chi connectivity index (χ1n) is 7.33. The summed E-state index contributed by atoms with van der Waals surface area (Å²) in [6.07, 6.45) is 4.16. The van der Waals surface area contributed by atoms with Crippen molar-refractivity contribution in [3.05, 3.63) is 0 Å². The van der Waals surface area contributed by atoms with Gasteiger partial charge in [-0.2, -0.15) is 0 Å². The normalized spacial score (nSPS) is 32.5. The lowest BCUT2D eigenvalue weighted by atomic mass is 9.75. The molecule has 1 heterocycles. The molecule has 2 atom stereocenters. The van der Waals surface area contributed by atoms with Gasteiger partial charge in [0.25, 0.3) is 0 Å². The SMILES string of the molecule is CC(C)(CNCC1CC1(C)C)C1CCCNC1. The number of nitrogens with one attached hydrogen (secondary N) is 2. The number of hydrogen-bond acceptors (Lipinski definition) is 2. The van der Waals surface area contributed by atoms with Gasteiger partial charge < -0.3 is 10.6 Å². The third-order valence-corrected chi connectivity index (χ3v) is 5.09. The van der Waals surface area contributed by atoms with E-state index in [-0.39, 0.29) is 0 Å². The van der Waals surface area contributed by atoms with Crippen molar-refractivity contribution in [2.75, 3.05) is 26.2 Å². The van der Waals surface area contributed by atoms with Crippen molar-refractivity contribution in [3.63, 3.8) is 0 Å². The molecule has 1 saturated heterocycles. The largest absolute Gasteiger partial charge is 0.316 e. The zero-order valence-corrected chi connectivity index (χ0v) is 12.1. The summed E-state index contributed by atoms with van der Waals surface area (Å²) in [5.74, 6) is 1.76. The maximum Gasteiger partial charge on any atom is 0.000577 e. The molecule has 0 aromatic heterocycles. The van der Waals surface area contributed by atoms with Gasteiger partial charge >= 0.3 is 0 Å². The van der Waals surface area contributed by atoms with Gasteiger partial charge in [0.1, 0.15) is 0 Å². The second-order valence-electron chi connectivity index (χ2n) is 7.55. The van der Waals surface area contributed by atoms with Crippen molar-refractivity contribution < 1.29 is 0 Å². The van der Waals surface area contributed by atoms with E-state index in [0.717, 1.165) is 11.8 Å². The van der Waals surface area contributed by atoms with E-state index in [1.165, 1.54) is 45.4 Å². The van der Waals surface area contributed by atoms with E-state index >= 15 is 0 Å². The van der Waals surface area contributed by atoms with Crippen molar-refractivity contribution in [2.45, 2.75) is 47.0 Å². The molecule has 0 spiro atoms. The summed E-state index contributed by atoms with van der Waals surface area (Å²) < 4.78 is 0. The van der Waals surface area contributed by atoms with Crippen LogP contribution in [0.1, 0.15) is 47.0 Å². The Hall–Kier alpha value is -0.0800. The Balaban J connectivity index is 1.69. The molecule has 0 bridgehead atoms. The molecule has 0 aromatic rings. The van der Waals surface area contributed by atoms with Gasteiger partial charge in [-0.15, -0.1) is 0 Å². The van der Waals surface area contributed by atoms with Crippen LogP contribution < -0.4 is 10.6 Å². The third kappa shape index (κ3) is 3.45. The van der Waals surface area contributed by atoms with Crippen molar-refractivity contribution in [1.29, 1.82) is 0 Å². The van der Waals surface area contributed by atoms with Gasteiger partial charge in [-0.1, -0.05) is 27.7 Å². The zero-order chi connectivity index (χ0) is 12.5. The topological polar surface area (TPSA) is 24.1 Å². The molecule has 0 amide bonds. The molecule has 0 aromatic carbocycles. The van der Waals surface area contributed by atoms with Crippen LogP contribution in [0.25, 0.3) is 0 Å².